The normalized spacial score (nSPS) is 15.3. The number of hydrogen-bond acceptors (Lipinski definition) is 6. The molecular formula is C28H27ClN4O3S2. The molecule has 0 saturated heterocycles. The van der Waals surface area contributed by atoms with Crippen molar-refractivity contribution in [3.8, 4) is 16.3 Å². The van der Waals surface area contributed by atoms with Gasteiger partial charge in [0.05, 0.1) is 28.2 Å². The topological polar surface area (TPSA) is 76.5 Å². The van der Waals surface area contributed by atoms with Gasteiger partial charge in [0.1, 0.15) is 18.1 Å². The van der Waals surface area contributed by atoms with Crippen LogP contribution in [-0.2, 0) is 14.3 Å². The van der Waals surface area contributed by atoms with Crippen molar-refractivity contribution in [1.29, 1.82) is 0 Å². The molecule has 196 valence electrons. The number of ether oxygens (including phenoxy) is 1. The minimum Gasteiger partial charge on any atom is -0.383 e. The fourth-order valence-corrected chi connectivity index (χ4v) is 6.78. The van der Waals surface area contributed by atoms with Gasteiger partial charge in [-0.2, -0.15) is 5.10 Å². The summed E-state index contributed by atoms with van der Waals surface area (Å²) < 4.78 is 6.88. The van der Waals surface area contributed by atoms with Crippen LogP contribution in [0.2, 0.25) is 5.02 Å². The maximum absolute atomic E-state index is 13.7. The molecule has 0 aliphatic carbocycles. The average molecular weight is 567 g/mol. The number of halogens is 1. The molecule has 38 heavy (non-hydrogen) atoms. The predicted molar refractivity (Wildman–Crippen MR) is 155 cm³/mol. The molecule has 0 bridgehead atoms. The van der Waals surface area contributed by atoms with E-state index in [4.69, 9.17) is 21.4 Å². The average Bonchev–Trinajstić information content (AvgIpc) is 3.55. The number of amides is 2. The number of aromatic nitrogens is 2. The molecule has 1 atom stereocenters. The summed E-state index contributed by atoms with van der Waals surface area (Å²) in [6.07, 6.45) is 0. The van der Waals surface area contributed by atoms with Gasteiger partial charge in [0, 0.05) is 24.2 Å². The molecule has 0 spiro atoms. The fraction of sp³-hybridized carbons (Fsp3) is 0.250. The molecule has 1 aliphatic rings. The van der Waals surface area contributed by atoms with Crippen molar-refractivity contribution in [2.45, 2.75) is 12.2 Å². The second-order valence-corrected chi connectivity index (χ2v) is 11.2. The molecule has 0 saturated carbocycles. The Labute approximate surface area is 234 Å². The monoisotopic (exact) mass is 566 g/mol. The van der Waals surface area contributed by atoms with E-state index in [1.165, 1.54) is 11.8 Å². The molecule has 0 fully saturated rings. The van der Waals surface area contributed by atoms with E-state index in [9.17, 15) is 9.59 Å². The van der Waals surface area contributed by atoms with Crippen molar-refractivity contribution in [2.24, 2.45) is 0 Å². The first-order valence-corrected chi connectivity index (χ1v) is 14.4. The number of anilines is 1. The molecule has 1 aliphatic heterocycles. The number of thiophene rings is 1. The van der Waals surface area contributed by atoms with Crippen LogP contribution in [0.3, 0.4) is 0 Å². The highest BCUT2D eigenvalue weighted by atomic mass is 35.5. The number of carbonyl (C=O) groups is 2. The van der Waals surface area contributed by atoms with Crippen molar-refractivity contribution in [1.82, 2.24) is 15.1 Å². The van der Waals surface area contributed by atoms with Crippen LogP contribution in [0.1, 0.15) is 21.9 Å². The number of nitrogens with zero attached hydrogens (tertiary/aromatic N) is 3. The fourth-order valence-electron chi connectivity index (χ4n) is 4.51. The zero-order valence-electron chi connectivity index (χ0n) is 21.0. The molecule has 4 aromatic rings. The number of fused-ring (bicyclic) bond motifs is 1. The van der Waals surface area contributed by atoms with Crippen molar-refractivity contribution < 1.29 is 14.3 Å². The summed E-state index contributed by atoms with van der Waals surface area (Å²) in [5.41, 5.74) is 4.38. The number of aryl methyl sites for hydroxylation is 1. The molecule has 2 aromatic carbocycles. The van der Waals surface area contributed by atoms with Gasteiger partial charge in [0.15, 0.2) is 0 Å². The molecule has 0 radical (unpaired) electrons. The molecule has 3 heterocycles. The van der Waals surface area contributed by atoms with Gasteiger partial charge in [-0.25, -0.2) is 4.68 Å². The van der Waals surface area contributed by atoms with E-state index in [0.717, 1.165) is 32.9 Å². The van der Waals surface area contributed by atoms with E-state index in [0.29, 0.717) is 24.0 Å². The van der Waals surface area contributed by atoms with E-state index >= 15 is 0 Å². The highest BCUT2D eigenvalue weighted by molar-refractivity contribution is 8.00. The Balaban J connectivity index is 1.76. The number of nitrogens with one attached hydrogen (secondary N) is 1. The van der Waals surface area contributed by atoms with Gasteiger partial charge in [-0.05, 0) is 41.6 Å². The molecular weight excluding hydrogens is 540 g/mol. The molecule has 5 rings (SSSR count). The molecule has 1 N–H and O–H groups in total. The molecule has 2 amide bonds. The lowest BCUT2D eigenvalue weighted by atomic mass is 10.0. The maximum atomic E-state index is 13.7. The summed E-state index contributed by atoms with van der Waals surface area (Å²) in [6.45, 7) is 2.62. The van der Waals surface area contributed by atoms with Gasteiger partial charge in [-0.15, -0.1) is 23.1 Å². The zero-order valence-corrected chi connectivity index (χ0v) is 23.4. The minimum absolute atomic E-state index is 0.132. The number of rotatable bonds is 8. The second kappa shape index (κ2) is 11.7. The molecule has 0 unspecified atom stereocenters. The third-order valence-electron chi connectivity index (χ3n) is 6.31. The standard InChI is InChI=1S/C28H27ClN4O3S2/c1-18-8-3-6-11-21(18)33-28-25(26(31-33)22-12-7-15-37-22)27(19-9-4-5-10-20(19)29)38-17-24(35)32(28)16-23(34)30-13-14-36-2/h3-12,15,27H,13-14,16-17H2,1-2H3,(H,30,34)/t27-/m0/s1. The minimum atomic E-state index is -0.266. The Kier molecular flexibility index (Phi) is 8.18. The Hall–Kier alpha value is -3.11. The van der Waals surface area contributed by atoms with Crippen molar-refractivity contribution in [3.63, 3.8) is 0 Å². The summed E-state index contributed by atoms with van der Waals surface area (Å²) >= 11 is 9.81. The van der Waals surface area contributed by atoms with Gasteiger partial charge in [0.25, 0.3) is 0 Å². The van der Waals surface area contributed by atoms with Gasteiger partial charge in [-0.3, -0.25) is 14.5 Å². The summed E-state index contributed by atoms with van der Waals surface area (Å²) in [4.78, 5) is 29.2. The Morgan fingerprint density at radius 2 is 1.95 bits per heavy atom. The number of hydrogen-bond donors (Lipinski definition) is 1. The van der Waals surface area contributed by atoms with Gasteiger partial charge >= 0.3 is 0 Å². The van der Waals surface area contributed by atoms with E-state index in [-0.39, 0.29) is 29.4 Å². The van der Waals surface area contributed by atoms with Crippen molar-refractivity contribution >= 4 is 52.3 Å². The molecule has 10 heteroatoms. The van der Waals surface area contributed by atoms with Crippen molar-refractivity contribution in [2.75, 3.05) is 37.5 Å². The Morgan fingerprint density at radius 3 is 2.68 bits per heavy atom. The first-order chi connectivity index (χ1) is 18.5. The van der Waals surface area contributed by atoms with E-state index in [2.05, 4.69) is 5.32 Å². The highest BCUT2D eigenvalue weighted by Crippen LogP contribution is 2.50. The maximum Gasteiger partial charge on any atom is 0.240 e. The van der Waals surface area contributed by atoms with Crippen LogP contribution >= 0.6 is 34.7 Å². The third kappa shape index (κ3) is 5.24. The largest absolute Gasteiger partial charge is 0.383 e. The predicted octanol–water partition coefficient (Wildman–Crippen LogP) is 5.49. The quantitative estimate of drug-likeness (QED) is 0.285. The first kappa shape index (κ1) is 26.5. The second-order valence-electron chi connectivity index (χ2n) is 8.80. The summed E-state index contributed by atoms with van der Waals surface area (Å²) in [5.74, 6) is 0.343. The van der Waals surface area contributed by atoms with E-state index in [1.54, 1.807) is 23.3 Å². The van der Waals surface area contributed by atoms with Gasteiger partial charge < -0.3 is 10.1 Å². The van der Waals surface area contributed by atoms with Crippen LogP contribution in [-0.4, -0.2) is 54.2 Å². The van der Waals surface area contributed by atoms with Crippen molar-refractivity contribution in [3.05, 3.63) is 87.8 Å². The Morgan fingerprint density at radius 1 is 1.16 bits per heavy atom. The van der Waals surface area contributed by atoms with E-state index < -0.39 is 0 Å². The number of carbonyl (C=O) groups excluding carboxylic acids is 2. The van der Waals surface area contributed by atoms with Crippen LogP contribution in [0, 0.1) is 6.92 Å². The highest BCUT2D eigenvalue weighted by Gasteiger charge is 2.38. The number of benzene rings is 2. The molecule has 2 aromatic heterocycles. The van der Waals surface area contributed by atoms with Gasteiger partial charge in [-0.1, -0.05) is 54.1 Å². The number of methoxy groups -OCH3 is 1. The molecule has 7 nitrogen and oxygen atoms in total. The lowest BCUT2D eigenvalue weighted by molar-refractivity contribution is -0.123. The van der Waals surface area contributed by atoms with Crippen LogP contribution in [0.25, 0.3) is 16.3 Å². The summed E-state index contributed by atoms with van der Waals surface area (Å²) in [6, 6.07) is 19.6. The van der Waals surface area contributed by atoms with Crippen LogP contribution in [0.15, 0.2) is 66.0 Å². The first-order valence-electron chi connectivity index (χ1n) is 12.1. The third-order valence-corrected chi connectivity index (χ3v) is 8.76. The van der Waals surface area contributed by atoms with Crippen LogP contribution in [0.4, 0.5) is 5.82 Å². The van der Waals surface area contributed by atoms with Crippen LogP contribution < -0.4 is 10.2 Å². The summed E-state index contributed by atoms with van der Waals surface area (Å²) in [7, 11) is 1.58. The smallest absolute Gasteiger partial charge is 0.240 e. The zero-order chi connectivity index (χ0) is 26.6. The Bertz CT molecular complexity index is 1450. The van der Waals surface area contributed by atoms with Gasteiger partial charge in [0.2, 0.25) is 11.8 Å². The number of thioether (sulfide) groups is 1. The SMILES string of the molecule is COCCNC(=O)CN1C(=O)CS[C@@H](c2ccccc2Cl)c2c(-c3cccs3)nn(-c3ccccc3C)c21. The summed E-state index contributed by atoms with van der Waals surface area (Å²) in [5, 5.41) is 10.3. The lowest BCUT2D eigenvalue weighted by Crippen LogP contribution is -2.43. The van der Waals surface area contributed by atoms with E-state index in [1.807, 2.05) is 77.6 Å². The lowest BCUT2D eigenvalue weighted by Gasteiger charge is -2.23. The number of para-hydroxylation sites is 1. The van der Waals surface area contributed by atoms with Crippen LogP contribution in [0.5, 0.6) is 0 Å².